The van der Waals surface area contributed by atoms with Crippen LogP contribution in [0.25, 0.3) is 0 Å². The van der Waals surface area contributed by atoms with E-state index in [0.29, 0.717) is 6.54 Å². The van der Waals surface area contributed by atoms with Gasteiger partial charge in [0.25, 0.3) is 0 Å². The van der Waals surface area contributed by atoms with Crippen molar-refractivity contribution in [2.24, 2.45) is 5.73 Å². The third kappa shape index (κ3) is 4.66. The van der Waals surface area contributed by atoms with Crippen molar-refractivity contribution in [2.45, 2.75) is 26.0 Å². The molecular weight excluding hydrogens is 284 g/mol. The van der Waals surface area contributed by atoms with Gasteiger partial charge in [-0.3, -0.25) is 0 Å². The maximum atomic E-state index is 5.90. The maximum Gasteiger partial charge on any atom is 0.120 e. The highest BCUT2D eigenvalue weighted by Crippen LogP contribution is 2.24. The third-order valence-electron chi connectivity index (χ3n) is 3.05. The molecule has 2 aromatic carbocycles. The Kier molecular flexibility index (Phi) is 5.48. The van der Waals surface area contributed by atoms with Gasteiger partial charge in [0.1, 0.15) is 5.75 Å². The highest BCUT2D eigenvalue weighted by Gasteiger charge is 2.11. The Morgan fingerprint density at radius 3 is 2.48 bits per heavy atom. The van der Waals surface area contributed by atoms with E-state index in [0.717, 1.165) is 22.0 Å². The first-order valence-electron chi connectivity index (χ1n) is 7.07. The molecule has 0 aromatic heterocycles. The van der Waals surface area contributed by atoms with Crippen LogP contribution in [0.4, 0.5) is 5.69 Å². The maximum absolute atomic E-state index is 5.90. The summed E-state index contributed by atoms with van der Waals surface area (Å²) in [6.07, 6.45) is 0.154. The highest BCUT2D eigenvalue weighted by atomic mass is 35.5. The minimum absolute atomic E-state index is 0.0295. The van der Waals surface area contributed by atoms with Crippen molar-refractivity contribution < 1.29 is 4.74 Å². The number of anilines is 1. The number of halogens is 1. The Hall–Kier alpha value is -1.71. The molecule has 1 unspecified atom stereocenters. The van der Waals surface area contributed by atoms with Crippen molar-refractivity contribution in [2.75, 3.05) is 11.9 Å². The van der Waals surface area contributed by atoms with Gasteiger partial charge in [0.15, 0.2) is 0 Å². The van der Waals surface area contributed by atoms with E-state index in [2.05, 4.69) is 5.32 Å². The molecule has 0 spiro atoms. The van der Waals surface area contributed by atoms with Crippen LogP contribution in [0.1, 0.15) is 25.5 Å². The Morgan fingerprint density at radius 1 is 1.14 bits per heavy atom. The molecule has 0 bridgehead atoms. The summed E-state index contributed by atoms with van der Waals surface area (Å²) in [6.45, 7) is 4.52. The van der Waals surface area contributed by atoms with Crippen LogP contribution in [-0.2, 0) is 0 Å². The fourth-order valence-electron chi connectivity index (χ4n) is 2.10. The summed E-state index contributed by atoms with van der Waals surface area (Å²) in [6, 6.07) is 15.7. The first kappa shape index (κ1) is 15.7. The second-order valence-electron chi connectivity index (χ2n) is 5.18. The third-order valence-corrected chi connectivity index (χ3v) is 3.31. The second-order valence-corrected chi connectivity index (χ2v) is 5.62. The zero-order valence-electron chi connectivity index (χ0n) is 12.3. The first-order chi connectivity index (χ1) is 10.1. The molecule has 0 fully saturated rings. The second kappa shape index (κ2) is 7.34. The normalized spacial score (nSPS) is 12.2. The van der Waals surface area contributed by atoms with Crippen molar-refractivity contribution >= 4 is 17.3 Å². The van der Waals surface area contributed by atoms with Crippen LogP contribution in [0.15, 0.2) is 48.5 Å². The molecule has 0 saturated heterocycles. The van der Waals surface area contributed by atoms with E-state index in [1.807, 2.05) is 62.4 Å². The average molecular weight is 305 g/mol. The predicted octanol–water partition coefficient (Wildman–Crippen LogP) is 4.24. The summed E-state index contributed by atoms with van der Waals surface area (Å²) in [4.78, 5) is 0. The lowest BCUT2D eigenvalue weighted by molar-refractivity contribution is 0.242. The fraction of sp³-hybridized carbons (Fsp3) is 0.294. The molecule has 0 aliphatic carbocycles. The van der Waals surface area contributed by atoms with E-state index in [9.17, 15) is 0 Å². The van der Waals surface area contributed by atoms with Crippen LogP contribution < -0.4 is 15.8 Å². The standard InChI is InChI=1S/C17H21ClN2O/c1-12(2)21-16-5-3-4-13(10-16)17(11-19)20-15-8-6-14(18)7-9-15/h3-10,12,17,20H,11,19H2,1-2H3. The zero-order valence-corrected chi connectivity index (χ0v) is 13.1. The number of rotatable bonds is 6. The lowest BCUT2D eigenvalue weighted by Crippen LogP contribution is -2.20. The van der Waals surface area contributed by atoms with Crippen LogP contribution >= 0.6 is 11.6 Å². The molecule has 0 radical (unpaired) electrons. The molecule has 4 heteroatoms. The van der Waals surface area contributed by atoms with E-state index in [1.54, 1.807) is 0 Å². The van der Waals surface area contributed by atoms with Crippen molar-refractivity contribution in [1.29, 1.82) is 0 Å². The van der Waals surface area contributed by atoms with Crippen LogP contribution in [0, 0.1) is 0 Å². The van der Waals surface area contributed by atoms with Gasteiger partial charge in [-0.1, -0.05) is 23.7 Å². The van der Waals surface area contributed by atoms with E-state index >= 15 is 0 Å². The number of hydrogen-bond donors (Lipinski definition) is 2. The quantitative estimate of drug-likeness (QED) is 0.839. The van der Waals surface area contributed by atoms with E-state index in [1.165, 1.54) is 0 Å². The van der Waals surface area contributed by atoms with Gasteiger partial charge in [0, 0.05) is 17.3 Å². The average Bonchev–Trinajstić information content (AvgIpc) is 2.46. The van der Waals surface area contributed by atoms with Crippen LogP contribution in [0.5, 0.6) is 5.75 Å². The number of nitrogens with one attached hydrogen (secondary N) is 1. The van der Waals surface area contributed by atoms with Gasteiger partial charge in [0.05, 0.1) is 12.1 Å². The molecule has 3 N–H and O–H groups in total. The Bertz CT molecular complexity index is 569. The fourth-order valence-corrected chi connectivity index (χ4v) is 2.23. The minimum Gasteiger partial charge on any atom is -0.491 e. The number of ether oxygens (including phenoxy) is 1. The largest absolute Gasteiger partial charge is 0.491 e. The van der Waals surface area contributed by atoms with Crippen molar-refractivity contribution in [3.8, 4) is 5.75 Å². The Morgan fingerprint density at radius 2 is 1.86 bits per heavy atom. The van der Waals surface area contributed by atoms with Crippen molar-refractivity contribution in [1.82, 2.24) is 0 Å². The molecular formula is C17H21ClN2O. The van der Waals surface area contributed by atoms with Gasteiger partial charge in [-0.2, -0.15) is 0 Å². The molecule has 0 saturated carbocycles. The van der Waals surface area contributed by atoms with Gasteiger partial charge in [-0.15, -0.1) is 0 Å². The number of benzene rings is 2. The lowest BCUT2D eigenvalue weighted by atomic mass is 10.1. The molecule has 2 rings (SSSR count). The summed E-state index contributed by atoms with van der Waals surface area (Å²) in [7, 11) is 0. The molecule has 2 aromatic rings. The predicted molar refractivity (Wildman–Crippen MR) is 89.1 cm³/mol. The van der Waals surface area contributed by atoms with Gasteiger partial charge in [-0.25, -0.2) is 0 Å². The molecule has 3 nitrogen and oxygen atoms in total. The Balaban J connectivity index is 2.15. The van der Waals surface area contributed by atoms with E-state index in [-0.39, 0.29) is 12.1 Å². The molecule has 112 valence electrons. The van der Waals surface area contributed by atoms with E-state index in [4.69, 9.17) is 22.1 Å². The summed E-state index contributed by atoms with van der Waals surface area (Å²) < 4.78 is 5.73. The Labute approximate surface area is 131 Å². The monoisotopic (exact) mass is 304 g/mol. The van der Waals surface area contributed by atoms with Gasteiger partial charge in [-0.05, 0) is 55.8 Å². The summed E-state index contributed by atoms with van der Waals surface area (Å²) in [5, 5.41) is 4.13. The van der Waals surface area contributed by atoms with E-state index < -0.39 is 0 Å². The van der Waals surface area contributed by atoms with Crippen LogP contribution in [0.3, 0.4) is 0 Å². The number of hydrogen-bond acceptors (Lipinski definition) is 3. The molecule has 1 atom stereocenters. The summed E-state index contributed by atoms with van der Waals surface area (Å²) in [5.41, 5.74) is 8.00. The van der Waals surface area contributed by atoms with Gasteiger partial charge >= 0.3 is 0 Å². The minimum atomic E-state index is 0.0295. The van der Waals surface area contributed by atoms with Crippen molar-refractivity contribution in [3.05, 3.63) is 59.1 Å². The molecule has 0 aliphatic heterocycles. The summed E-state index contributed by atoms with van der Waals surface area (Å²) >= 11 is 5.90. The topological polar surface area (TPSA) is 47.3 Å². The molecule has 0 aliphatic rings. The molecule has 0 heterocycles. The lowest BCUT2D eigenvalue weighted by Gasteiger charge is -2.20. The van der Waals surface area contributed by atoms with Crippen molar-refractivity contribution in [3.63, 3.8) is 0 Å². The first-order valence-corrected chi connectivity index (χ1v) is 7.45. The molecule has 21 heavy (non-hydrogen) atoms. The SMILES string of the molecule is CC(C)Oc1cccc(C(CN)Nc2ccc(Cl)cc2)c1. The summed E-state index contributed by atoms with van der Waals surface area (Å²) in [5.74, 6) is 0.860. The van der Waals surface area contributed by atoms with Crippen LogP contribution in [0.2, 0.25) is 5.02 Å². The van der Waals surface area contributed by atoms with Gasteiger partial charge in [0.2, 0.25) is 0 Å². The van der Waals surface area contributed by atoms with Crippen LogP contribution in [-0.4, -0.2) is 12.6 Å². The molecule has 0 amide bonds. The highest BCUT2D eigenvalue weighted by molar-refractivity contribution is 6.30. The number of nitrogens with two attached hydrogens (primary N) is 1. The van der Waals surface area contributed by atoms with Gasteiger partial charge < -0.3 is 15.8 Å². The smallest absolute Gasteiger partial charge is 0.120 e. The zero-order chi connectivity index (χ0) is 15.2.